The molecule has 1 fully saturated rings. The van der Waals surface area contributed by atoms with Crippen LogP contribution in [0.15, 0.2) is 24.3 Å². The maximum Gasteiger partial charge on any atom is 0.338 e. The summed E-state index contributed by atoms with van der Waals surface area (Å²) in [7, 11) is 0. The summed E-state index contributed by atoms with van der Waals surface area (Å²) in [6.45, 7) is 5.99. The van der Waals surface area contributed by atoms with Gasteiger partial charge in [0.25, 0.3) is 5.91 Å². The zero-order valence-electron chi connectivity index (χ0n) is 16.9. The summed E-state index contributed by atoms with van der Waals surface area (Å²) in [4.78, 5) is 35.7. The number of urea groups is 1. The van der Waals surface area contributed by atoms with E-state index in [1.54, 1.807) is 24.3 Å². The maximum absolute atomic E-state index is 12.1. The number of hydrogen-bond acceptors (Lipinski definition) is 4. The van der Waals surface area contributed by atoms with Gasteiger partial charge in [-0.1, -0.05) is 31.9 Å². The molecule has 7 nitrogen and oxygen atoms in total. The van der Waals surface area contributed by atoms with Gasteiger partial charge in [0.1, 0.15) is 0 Å². The van der Waals surface area contributed by atoms with Crippen molar-refractivity contribution in [1.29, 1.82) is 0 Å². The van der Waals surface area contributed by atoms with Gasteiger partial charge in [-0.25, -0.2) is 9.59 Å². The van der Waals surface area contributed by atoms with Gasteiger partial charge in [0, 0.05) is 18.6 Å². The number of esters is 1. The smallest absolute Gasteiger partial charge is 0.338 e. The molecular formula is C21H31N3O4. The summed E-state index contributed by atoms with van der Waals surface area (Å²) in [6, 6.07) is 6.74. The van der Waals surface area contributed by atoms with Gasteiger partial charge in [0.15, 0.2) is 6.61 Å². The number of nitrogens with one attached hydrogen (secondary N) is 3. The minimum atomic E-state index is -0.538. The summed E-state index contributed by atoms with van der Waals surface area (Å²) in [6.07, 6.45) is 4.42. The van der Waals surface area contributed by atoms with Crippen molar-refractivity contribution < 1.29 is 19.1 Å². The molecule has 0 heterocycles. The highest BCUT2D eigenvalue weighted by molar-refractivity contribution is 5.91. The second-order valence-electron chi connectivity index (χ2n) is 7.69. The second-order valence-corrected chi connectivity index (χ2v) is 7.69. The molecule has 0 aromatic heterocycles. The van der Waals surface area contributed by atoms with Crippen LogP contribution >= 0.6 is 0 Å². The van der Waals surface area contributed by atoms with Gasteiger partial charge in [0.2, 0.25) is 0 Å². The Morgan fingerprint density at radius 3 is 2.43 bits per heavy atom. The van der Waals surface area contributed by atoms with Crippen LogP contribution in [-0.4, -0.2) is 36.6 Å². The number of benzene rings is 1. The molecule has 2 rings (SSSR count). The van der Waals surface area contributed by atoms with Crippen molar-refractivity contribution in [3.8, 4) is 0 Å². The van der Waals surface area contributed by atoms with Crippen LogP contribution in [0.2, 0.25) is 0 Å². The van der Waals surface area contributed by atoms with E-state index in [4.69, 9.17) is 4.74 Å². The zero-order valence-corrected chi connectivity index (χ0v) is 16.9. The Hall–Kier alpha value is -2.57. The highest BCUT2D eigenvalue weighted by Gasteiger charge is 2.23. The zero-order chi connectivity index (χ0) is 20.5. The van der Waals surface area contributed by atoms with E-state index in [-0.39, 0.29) is 30.6 Å². The lowest BCUT2D eigenvalue weighted by molar-refractivity contribution is -0.125. The second kappa shape index (κ2) is 10.7. The van der Waals surface area contributed by atoms with Crippen LogP contribution in [-0.2, 0) is 16.1 Å². The molecule has 154 valence electrons. The lowest BCUT2D eigenvalue weighted by Crippen LogP contribution is -2.42. The highest BCUT2D eigenvalue weighted by atomic mass is 16.5. The molecule has 1 aromatic carbocycles. The van der Waals surface area contributed by atoms with Crippen molar-refractivity contribution in [3.05, 3.63) is 35.4 Å². The molecule has 3 N–H and O–H groups in total. The molecule has 0 unspecified atom stereocenters. The van der Waals surface area contributed by atoms with E-state index in [2.05, 4.69) is 22.9 Å². The molecular weight excluding hydrogens is 358 g/mol. The lowest BCUT2D eigenvalue weighted by atomic mass is 9.86. The fourth-order valence-electron chi connectivity index (χ4n) is 3.25. The van der Waals surface area contributed by atoms with Crippen LogP contribution in [0, 0.1) is 5.92 Å². The van der Waals surface area contributed by atoms with Crippen molar-refractivity contribution in [3.63, 3.8) is 0 Å². The first-order valence-corrected chi connectivity index (χ1v) is 9.95. The van der Waals surface area contributed by atoms with Crippen molar-refractivity contribution in [1.82, 2.24) is 16.0 Å². The molecule has 1 aromatic rings. The highest BCUT2D eigenvalue weighted by Crippen LogP contribution is 2.23. The van der Waals surface area contributed by atoms with Gasteiger partial charge < -0.3 is 20.7 Å². The van der Waals surface area contributed by atoms with E-state index in [1.165, 1.54) is 6.42 Å². The van der Waals surface area contributed by atoms with E-state index in [9.17, 15) is 14.4 Å². The summed E-state index contributed by atoms with van der Waals surface area (Å²) < 4.78 is 5.12. The van der Waals surface area contributed by atoms with Crippen LogP contribution in [0.3, 0.4) is 0 Å². The topological polar surface area (TPSA) is 96.5 Å². The Labute approximate surface area is 166 Å². The van der Waals surface area contributed by atoms with Crippen LogP contribution in [0.5, 0.6) is 0 Å². The van der Waals surface area contributed by atoms with Crippen molar-refractivity contribution in [2.75, 3.05) is 6.61 Å². The number of amides is 3. The molecule has 3 amide bonds. The SMILES string of the molecule is CC(C)NC(=O)NCc1ccc(C(=O)OCC(=O)N[C@@H]2CCCC[C@H]2C)cc1. The average Bonchev–Trinajstić information content (AvgIpc) is 2.66. The summed E-state index contributed by atoms with van der Waals surface area (Å²) in [5.74, 6) is -0.342. The largest absolute Gasteiger partial charge is 0.452 e. The van der Waals surface area contributed by atoms with Crippen molar-refractivity contribution in [2.24, 2.45) is 5.92 Å². The van der Waals surface area contributed by atoms with E-state index < -0.39 is 5.97 Å². The van der Waals surface area contributed by atoms with Crippen LogP contribution in [0.1, 0.15) is 62.4 Å². The third kappa shape index (κ3) is 7.21. The minimum Gasteiger partial charge on any atom is -0.452 e. The monoisotopic (exact) mass is 389 g/mol. The van der Waals surface area contributed by atoms with E-state index in [0.29, 0.717) is 18.0 Å². The van der Waals surface area contributed by atoms with Gasteiger partial charge in [-0.3, -0.25) is 4.79 Å². The third-order valence-electron chi connectivity index (χ3n) is 4.85. The molecule has 0 spiro atoms. The Balaban J connectivity index is 1.74. The van der Waals surface area contributed by atoms with Gasteiger partial charge in [0.05, 0.1) is 5.56 Å². The van der Waals surface area contributed by atoms with E-state index in [0.717, 1.165) is 24.8 Å². The van der Waals surface area contributed by atoms with Gasteiger partial charge >= 0.3 is 12.0 Å². The molecule has 1 aliphatic rings. The van der Waals surface area contributed by atoms with Gasteiger partial charge in [-0.2, -0.15) is 0 Å². The number of rotatable bonds is 7. The van der Waals surface area contributed by atoms with E-state index in [1.807, 2.05) is 13.8 Å². The predicted molar refractivity (Wildman–Crippen MR) is 107 cm³/mol. The predicted octanol–water partition coefficient (Wildman–Crippen LogP) is 2.75. The van der Waals surface area contributed by atoms with Crippen LogP contribution in [0.25, 0.3) is 0 Å². The molecule has 1 saturated carbocycles. The van der Waals surface area contributed by atoms with Crippen LogP contribution in [0.4, 0.5) is 4.79 Å². The normalized spacial score (nSPS) is 19.0. The number of ether oxygens (including phenoxy) is 1. The van der Waals surface area contributed by atoms with Crippen molar-refractivity contribution in [2.45, 2.75) is 65.1 Å². The van der Waals surface area contributed by atoms with Gasteiger partial charge in [-0.15, -0.1) is 0 Å². The fourth-order valence-corrected chi connectivity index (χ4v) is 3.25. The number of carbonyl (C=O) groups is 3. The molecule has 0 aliphatic heterocycles. The molecule has 7 heteroatoms. The Kier molecular flexibility index (Phi) is 8.29. The van der Waals surface area contributed by atoms with Gasteiger partial charge in [-0.05, 0) is 50.3 Å². The first-order chi connectivity index (χ1) is 13.3. The Morgan fingerprint density at radius 2 is 1.79 bits per heavy atom. The molecule has 28 heavy (non-hydrogen) atoms. The standard InChI is InChI=1S/C21H31N3O4/c1-14(2)23-21(27)22-12-16-8-10-17(11-9-16)20(26)28-13-19(25)24-18-7-5-4-6-15(18)3/h8-11,14-15,18H,4-7,12-13H2,1-3H3,(H,24,25)(H2,22,23,27)/t15-,18-/m1/s1. The molecule has 0 radical (unpaired) electrons. The quantitative estimate of drug-likeness (QED) is 0.625. The first-order valence-electron chi connectivity index (χ1n) is 9.95. The van der Waals surface area contributed by atoms with E-state index >= 15 is 0 Å². The lowest BCUT2D eigenvalue weighted by Gasteiger charge is -2.29. The Bertz CT molecular complexity index is 673. The molecule has 0 saturated heterocycles. The third-order valence-corrected chi connectivity index (χ3v) is 4.85. The average molecular weight is 389 g/mol. The summed E-state index contributed by atoms with van der Waals surface area (Å²) in [5, 5.41) is 8.44. The summed E-state index contributed by atoms with van der Waals surface area (Å²) >= 11 is 0. The molecule has 0 bridgehead atoms. The first kappa shape index (κ1) is 21.7. The number of hydrogen-bond donors (Lipinski definition) is 3. The maximum atomic E-state index is 12.1. The van der Waals surface area contributed by atoms with Crippen molar-refractivity contribution >= 4 is 17.9 Å². The van der Waals surface area contributed by atoms with Crippen LogP contribution < -0.4 is 16.0 Å². The fraction of sp³-hybridized carbons (Fsp3) is 0.571. The molecule has 2 atom stereocenters. The summed E-state index contributed by atoms with van der Waals surface area (Å²) in [5.41, 5.74) is 1.23. The minimum absolute atomic E-state index is 0.0654. The number of carbonyl (C=O) groups excluding carboxylic acids is 3. The Morgan fingerprint density at radius 1 is 1.11 bits per heavy atom. The molecule has 1 aliphatic carbocycles.